The van der Waals surface area contributed by atoms with Gasteiger partial charge in [-0.3, -0.25) is 0 Å². The van der Waals surface area contributed by atoms with Crippen molar-refractivity contribution in [2.24, 2.45) is 0 Å². The van der Waals surface area contributed by atoms with Gasteiger partial charge in [-0.25, -0.2) is 0 Å². The molecule has 2 rings (SSSR count). The van der Waals surface area contributed by atoms with Crippen LogP contribution in [-0.4, -0.2) is 11.0 Å². The maximum Gasteiger partial charge on any atom is 0 e. The van der Waals surface area contributed by atoms with Crippen LogP contribution in [0.15, 0.2) is 48.6 Å². The summed E-state index contributed by atoms with van der Waals surface area (Å²) in [5.74, 6) is 0. The van der Waals surface area contributed by atoms with Crippen molar-refractivity contribution in [3.63, 3.8) is 0 Å². The van der Waals surface area contributed by atoms with Crippen LogP contribution in [0.1, 0.15) is 51.4 Å². The van der Waals surface area contributed by atoms with Crippen LogP contribution in [0.3, 0.4) is 0 Å². The number of hydrogen-bond donors (Lipinski definition) is 0. The smallest absolute Gasteiger partial charge is 0 e. The zero-order chi connectivity index (χ0) is 11.3. The molecule has 2 nitrogen and oxygen atoms in total. The molecule has 0 aromatic heterocycles. The van der Waals surface area contributed by atoms with Gasteiger partial charge in [0.05, 0.1) is 0 Å². The van der Waals surface area contributed by atoms with E-state index in [1.807, 2.05) is 0 Å². The van der Waals surface area contributed by atoms with Crippen LogP contribution in [0.2, 0.25) is 0 Å². The zero-order valence-corrected chi connectivity index (χ0v) is 15.1. The number of allylic oxidation sites excluding steroid dienone is 8. The first-order valence-corrected chi connectivity index (χ1v) is 6.60. The van der Waals surface area contributed by atoms with E-state index in [-0.39, 0.29) is 49.9 Å². The van der Waals surface area contributed by atoms with Crippen molar-refractivity contribution >= 4 is 0 Å². The average molecular weight is 456 g/mol. The van der Waals surface area contributed by atoms with Gasteiger partial charge in [0, 0.05) is 39.0 Å². The normalized spacial score (nSPS) is 22.4. The van der Waals surface area contributed by atoms with Crippen molar-refractivity contribution in [1.82, 2.24) is 0 Å². The molecule has 0 saturated heterocycles. The van der Waals surface area contributed by atoms with E-state index in [0.717, 1.165) is 0 Å². The largest absolute Gasteiger partial charge is 0.870 e. The van der Waals surface area contributed by atoms with Gasteiger partial charge in [0.1, 0.15) is 0 Å². The molecule has 0 unspecified atom stereocenters. The van der Waals surface area contributed by atoms with Crippen LogP contribution in [0.4, 0.5) is 0 Å². The van der Waals surface area contributed by atoms with Crippen molar-refractivity contribution in [1.29, 1.82) is 0 Å². The predicted molar refractivity (Wildman–Crippen MR) is 77.4 cm³/mol. The van der Waals surface area contributed by atoms with Gasteiger partial charge < -0.3 is 11.0 Å². The molecule has 0 heterocycles. The Morgan fingerprint density at radius 1 is 0.300 bits per heavy atom. The van der Waals surface area contributed by atoms with Crippen molar-refractivity contribution in [3.05, 3.63) is 48.6 Å². The van der Waals surface area contributed by atoms with Gasteiger partial charge >= 0.3 is 0 Å². The summed E-state index contributed by atoms with van der Waals surface area (Å²) in [5.41, 5.74) is 0. The summed E-state index contributed by atoms with van der Waals surface area (Å²) >= 11 is 0. The van der Waals surface area contributed by atoms with Crippen LogP contribution >= 0.6 is 0 Å². The monoisotopic (exact) mass is 456 g/mol. The third kappa shape index (κ3) is 20.4. The van der Waals surface area contributed by atoms with Crippen LogP contribution in [0.25, 0.3) is 0 Å². The molecule has 0 aliphatic heterocycles. The van der Waals surface area contributed by atoms with Crippen molar-refractivity contribution in [3.8, 4) is 0 Å². The SMILES string of the molecule is C1=C\CC/C=C\CC/1.C1=C\CC/C=C\CC/1.[OH-].[OH-].[Rh].[Rh]. The zero-order valence-electron chi connectivity index (χ0n) is 11.8. The third-order valence-electron chi connectivity index (χ3n) is 2.67. The first kappa shape index (κ1) is 28.3. The maximum absolute atomic E-state index is 2.27. The summed E-state index contributed by atoms with van der Waals surface area (Å²) in [7, 11) is 0. The molecule has 2 aliphatic rings. The molecular weight excluding hydrogens is 430 g/mol. The quantitative estimate of drug-likeness (QED) is 0.381. The number of rotatable bonds is 0. The molecule has 122 valence electrons. The second-order valence-corrected chi connectivity index (χ2v) is 4.20. The van der Waals surface area contributed by atoms with Gasteiger partial charge in [-0.1, -0.05) is 48.6 Å². The van der Waals surface area contributed by atoms with Gasteiger partial charge in [0.25, 0.3) is 0 Å². The average Bonchev–Trinajstić information content (AvgIpc) is 2.15. The van der Waals surface area contributed by atoms with Crippen molar-refractivity contribution < 1.29 is 49.9 Å². The standard InChI is InChI=1S/2C8H12.2H2O.2Rh/c2*1-2-4-6-8-7-5-3-1;;;;/h2*1-2,7-8H,3-6H2;2*1H2;;/p-2/b2*2-1-,8-7-;;;;. The molecule has 0 saturated carbocycles. The Hall–Kier alpha value is 0.127. The Morgan fingerprint density at radius 2 is 0.400 bits per heavy atom. The fourth-order valence-electron chi connectivity index (χ4n) is 1.71. The first-order valence-electron chi connectivity index (χ1n) is 6.60. The molecule has 2 aliphatic carbocycles. The van der Waals surface area contributed by atoms with Gasteiger partial charge in [0.15, 0.2) is 0 Å². The summed E-state index contributed by atoms with van der Waals surface area (Å²) in [6.07, 6.45) is 28.0. The summed E-state index contributed by atoms with van der Waals surface area (Å²) in [6.45, 7) is 0. The van der Waals surface area contributed by atoms with Crippen LogP contribution < -0.4 is 0 Å². The Morgan fingerprint density at radius 3 is 0.500 bits per heavy atom. The van der Waals surface area contributed by atoms with E-state index in [1.165, 1.54) is 51.4 Å². The third-order valence-corrected chi connectivity index (χ3v) is 2.67. The van der Waals surface area contributed by atoms with E-state index in [1.54, 1.807) is 0 Å². The Bertz CT molecular complexity index is 192. The van der Waals surface area contributed by atoms with Crippen molar-refractivity contribution in [2.45, 2.75) is 51.4 Å². The molecule has 0 amide bonds. The predicted octanol–water partition coefficient (Wildman–Crippen LogP) is 4.99. The molecule has 0 bridgehead atoms. The van der Waals surface area contributed by atoms with E-state index in [9.17, 15) is 0 Å². The molecule has 0 spiro atoms. The van der Waals surface area contributed by atoms with Gasteiger partial charge in [-0.05, 0) is 51.4 Å². The second kappa shape index (κ2) is 24.2. The maximum atomic E-state index is 2.27. The summed E-state index contributed by atoms with van der Waals surface area (Å²) in [6, 6.07) is 0. The van der Waals surface area contributed by atoms with E-state index in [0.29, 0.717) is 0 Å². The Balaban J connectivity index is -0.000000107. The minimum atomic E-state index is 0. The van der Waals surface area contributed by atoms with Gasteiger partial charge in [-0.15, -0.1) is 0 Å². The first-order chi connectivity index (χ1) is 8.00. The second-order valence-electron chi connectivity index (χ2n) is 4.20. The molecule has 0 aromatic rings. The molecule has 20 heavy (non-hydrogen) atoms. The molecule has 0 atom stereocenters. The molecule has 4 heteroatoms. The Kier molecular flexibility index (Phi) is 34.2. The van der Waals surface area contributed by atoms with Crippen LogP contribution in [0.5, 0.6) is 0 Å². The minimum absolute atomic E-state index is 0. The Labute approximate surface area is 149 Å². The van der Waals surface area contributed by atoms with E-state index >= 15 is 0 Å². The summed E-state index contributed by atoms with van der Waals surface area (Å²) in [4.78, 5) is 0. The van der Waals surface area contributed by atoms with Gasteiger partial charge in [-0.2, -0.15) is 0 Å². The van der Waals surface area contributed by atoms with Crippen molar-refractivity contribution in [2.75, 3.05) is 0 Å². The van der Waals surface area contributed by atoms with Crippen LogP contribution in [-0.2, 0) is 39.0 Å². The van der Waals surface area contributed by atoms with Crippen LogP contribution in [0, 0.1) is 0 Å². The molecule has 2 radical (unpaired) electrons. The number of hydrogen-bond acceptors (Lipinski definition) is 2. The molecule has 0 aromatic carbocycles. The minimum Gasteiger partial charge on any atom is -0.870 e. The molecule has 2 N–H and O–H groups in total. The molecular formula is C16H26O2Rh2-2. The topological polar surface area (TPSA) is 60.0 Å². The fourth-order valence-corrected chi connectivity index (χ4v) is 1.71. The summed E-state index contributed by atoms with van der Waals surface area (Å²) < 4.78 is 0. The fraction of sp³-hybridized carbons (Fsp3) is 0.500. The van der Waals surface area contributed by atoms with E-state index in [2.05, 4.69) is 48.6 Å². The van der Waals surface area contributed by atoms with Gasteiger partial charge in [0.2, 0.25) is 0 Å². The summed E-state index contributed by atoms with van der Waals surface area (Å²) in [5, 5.41) is 0. The molecule has 0 fully saturated rings. The van der Waals surface area contributed by atoms with E-state index < -0.39 is 0 Å². The van der Waals surface area contributed by atoms with E-state index in [4.69, 9.17) is 0 Å².